The van der Waals surface area contributed by atoms with E-state index in [-0.39, 0.29) is 0 Å². The van der Waals surface area contributed by atoms with E-state index < -0.39 is 25.7 Å². The molecule has 0 aromatic rings. The summed E-state index contributed by atoms with van der Waals surface area (Å²) in [4.78, 5) is 0. The molecule has 0 unspecified atom stereocenters. The van der Waals surface area contributed by atoms with Crippen LogP contribution in [0.5, 0.6) is 0 Å². The van der Waals surface area contributed by atoms with Gasteiger partial charge in [0.1, 0.15) is 0 Å². The normalized spacial score (nSPS) is 11.9. The molecular weight excluding hydrogens is 279 g/mol. The molecule has 0 saturated heterocycles. The Morgan fingerprint density at radius 3 is 2.27 bits per heavy atom. The van der Waals surface area contributed by atoms with Crippen molar-refractivity contribution in [1.82, 2.24) is 0 Å². The molecule has 0 aromatic heterocycles. The van der Waals surface area contributed by atoms with Gasteiger partial charge in [0.05, 0.1) is 0 Å². The summed E-state index contributed by atoms with van der Waals surface area (Å²) in [7, 11) is 2.92. The van der Waals surface area contributed by atoms with Crippen molar-refractivity contribution in [3.05, 3.63) is 0 Å². The fraction of sp³-hybridized carbons (Fsp3) is 1.00. The predicted octanol–water partition coefficient (Wildman–Crippen LogP) is 2.31. The summed E-state index contributed by atoms with van der Waals surface area (Å²) in [5.74, 6) is 0. The second-order valence-corrected chi connectivity index (χ2v) is 11.1. The summed E-state index contributed by atoms with van der Waals surface area (Å²) in [6, 6.07) is 0. The van der Waals surface area contributed by atoms with E-state index in [1.165, 1.54) is 14.2 Å². The SMILES string of the molecule is CCCC[Te]P(=O)(OC)OC. The predicted molar refractivity (Wildman–Crippen MR) is 47.1 cm³/mol. The first-order chi connectivity index (χ1) is 5.18. The van der Waals surface area contributed by atoms with Crippen molar-refractivity contribution in [1.29, 1.82) is 0 Å². The number of unbranched alkanes of at least 4 members (excludes halogenated alkanes) is 1. The van der Waals surface area contributed by atoms with E-state index in [1.54, 1.807) is 0 Å². The molecule has 0 aliphatic heterocycles. The molecular formula is C6H15O3PTe. The fourth-order valence-corrected chi connectivity index (χ4v) is 6.86. The Balaban J connectivity index is 3.61. The van der Waals surface area contributed by atoms with Gasteiger partial charge in [-0.3, -0.25) is 0 Å². The molecule has 0 amide bonds. The van der Waals surface area contributed by atoms with Crippen LogP contribution in [-0.2, 0) is 13.6 Å². The quantitative estimate of drug-likeness (QED) is 0.428. The van der Waals surface area contributed by atoms with E-state index in [1.807, 2.05) is 0 Å². The van der Waals surface area contributed by atoms with Crippen molar-refractivity contribution in [2.75, 3.05) is 14.2 Å². The van der Waals surface area contributed by atoms with Crippen molar-refractivity contribution in [2.45, 2.75) is 24.2 Å². The molecule has 0 saturated carbocycles. The molecule has 0 radical (unpaired) electrons. The summed E-state index contributed by atoms with van der Waals surface area (Å²) in [6.45, 7) is 2.12. The van der Waals surface area contributed by atoms with E-state index in [0.717, 1.165) is 17.3 Å². The Morgan fingerprint density at radius 2 is 1.91 bits per heavy atom. The van der Waals surface area contributed by atoms with Crippen LogP contribution >= 0.6 is 5.29 Å². The van der Waals surface area contributed by atoms with Crippen LogP contribution in [-0.4, -0.2) is 34.6 Å². The second-order valence-electron chi connectivity index (χ2n) is 2.00. The Hall–Kier alpha value is 0.940. The molecule has 0 spiro atoms. The van der Waals surface area contributed by atoms with E-state index in [0.29, 0.717) is 0 Å². The monoisotopic (exact) mass is 296 g/mol. The molecule has 0 heterocycles. The summed E-state index contributed by atoms with van der Waals surface area (Å²) in [5, 5.41) is -2.58. The van der Waals surface area contributed by atoms with E-state index >= 15 is 0 Å². The van der Waals surface area contributed by atoms with Crippen LogP contribution < -0.4 is 0 Å². The summed E-state index contributed by atoms with van der Waals surface area (Å²) in [6.07, 6.45) is 2.29. The molecule has 0 aliphatic carbocycles. The van der Waals surface area contributed by atoms with Gasteiger partial charge in [-0.15, -0.1) is 0 Å². The molecule has 0 N–H and O–H groups in total. The first-order valence-corrected chi connectivity index (χ1v) is 9.78. The van der Waals surface area contributed by atoms with Crippen LogP contribution in [0.1, 0.15) is 19.8 Å². The van der Waals surface area contributed by atoms with E-state index in [2.05, 4.69) is 6.92 Å². The molecule has 0 rings (SSSR count). The van der Waals surface area contributed by atoms with E-state index in [9.17, 15) is 4.57 Å². The van der Waals surface area contributed by atoms with Crippen molar-refractivity contribution in [2.24, 2.45) is 0 Å². The zero-order chi connectivity index (χ0) is 8.74. The van der Waals surface area contributed by atoms with Crippen LogP contribution in [0.2, 0.25) is 4.47 Å². The van der Waals surface area contributed by atoms with E-state index in [4.69, 9.17) is 9.05 Å². The third-order valence-electron chi connectivity index (χ3n) is 1.19. The molecule has 0 aliphatic rings. The van der Waals surface area contributed by atoms with Crippen LogP contribution in [0.25, 0.3) is 0 Å². The van der Waals surface area contributed by atoms with Gasteiger partial charge in [0.2, 0.25) is 0 Å². The van der Waals surface area contributed by atoms with Crippen molar-refractivity contribution in [3.8, 4) is 0 Å². The minimum absolute atomic E-state index is 0.594. The Kier molecular flexibility index (Phi) is 7.01. The zero-order valence-electron chi connectivity index (χ0n) is 7.20. The molecule has 0 aromatic carbocycles. The summed E-state index contributed by atoms with van der Waals surface area (Å²) < 4.78 is 22.1. The van der Waals surface area contributed by atoms with Gasteiger partial charge in [0.15, 0.2) is 0 Å². The molecule has 5 heteroatoms. The first-order valence-electron chi connectivity index (χ1n) is 3.54. The summed E-state index contributed by atoms with van der Waals surface area (Å²) in [5.41, 5.74) is 0. The number of hydrogen-bond acceptors (Lipinski definition) is 3. The van der Waals surface area contributed by atoms with Gasteiger partial charge < -0.3 is 0 Å². The van der Waals surface area contributed by atoms with Gasteiger partial charge in [-0.05, 0) is 0 Å². The summed E-state index contributed by atoms with van der Waals surface area (Å²) >= 11 is -0.594. The number of hydrogen-bond donors (Lipinski definition) is 0. The Morgan fingerprint density at radius 1 is 1.36 bits per heavy atom. The van der Waals surface area contributed by atoms with Crippen LogP contribution in [0.4, 0.5) is 0 Å². The van der Waals surface area contributed by atoms with Crippen LogP contribution in [0.15, 0.2) is 0 Å². The standard InChI is InChI=1S/C6H15O3PTe/c1-4-5-6-11-10(7,8-2)9-3/h4-6H2,1-3H3. The zero-order valence-corrected chi connectivity index (χ0v) is 10.4. The third-order valence-corrected chi connectivity index (χ3v) is 10.2. The average Bonchev–Trinajstić information content (AvgIpc) is 2.05. The third kappa shape index (κ3) is 5.22. The Bertz CT molecular complexity index is 132. The molecule has 3 nitrogen and oxygen atoms in total. The molecule has 0 fully saturated rings. The number of rotatable bonds is 6. The Labute approximate surface area is 77.8 Å². The van der Waals surface area contributed by atoms with Gasteiger partial charge in [-0.1, -0.05) is 0 Å². The molecule has 0 atom stereocenters. The van der Waals surface area contributed by atoms with Crippen molar-refractivity contribution in [3.63, 3.8) is 0 Å². The van der Waals surface area contributed by atoms with Gasteiger partial charge in [0, 0.05) is 0 Å². The van der Waals surface area contributed by atoms with Gasteiger partial charge in [-0.2, -0.15) is 0 Å². The molecule has 0 bridgehead atoms. The van der Waals surface area contributed by atoms with Crippen LogP contribution in [0, 0.1) is 0 Å². The van der Waals surface area contributed by atoms with Gasteiger partial charge in [0.25, 0.3) is 0 Å². The van der Waals surface area contributed by atoms with Crippen molar-refractivity contribution >= 4 is 25.7 Å². The van der Waals surface area contributed by atoms with Crippen LogP contribution in [0.3, 0.4) is 0 Å². The maximum atomic E-state index is 11.4. The van der Waals surface area contributed by atoms with Crippen molar-refractivity contribution < 1.29 is 13.6 Å². The topological polar surface area (TPSA) is 35.5 Å². The fourth-order valence-electron chi connectivity index (χ4n) is 0.501. The first kappa shape index (κ1) is 11.9. The minimum atomic E-state index is -2.58. The van der Waals surface area contributed by atoms with Gasteiger partial charge >= 0.3 is 77.7 Å². The maximum absolute atomic E-state index is 11.4. The molecule has 11 heavy (non-hydrogen) atoms. The van der Waals surface area contributed by atoms with Gasteiger partial charge in [-0.25, -0.2) is 0 Å². The second kappa shape index (κ2) is 6.46. The molecule has 68 valence electrons. The average molecular weight is 294 g/mol.